The van der Waals surface area contributed by atoms with Gasteiger partial charge in [-0.2, -0.15) is 0 Å². The molecular weight excluding hydrogens is 392 g/mol. The van der Waals surface area contributed by atoms with Gasteiger partial charge < -0.3 is 9.84 Å². The minimum Gasteiger partial charge on any atom is -0.489 e. The molecule has 2 aromatic carbocycles. The van der Waals surface area contributed by atoms with Gasteiger partial charge in [0.15, 0.2) is 5.82 Å². The third-order valence-electron chi connectivity index (χ3n) is 4.81. The van der Waals surface area contributed by atoms with E-state index in [-0.39, 0.29) is 13.2 Å². The number of benzene rings is 2. The Balaban J connectivity index is 1.42. The molecule has 1 aliphatic heterocycles. The number of aromatic nitrogens is 2. The number of hydrogen-bond acceptors (Lipinski definition) is 5. The van der Waals surface area contributed by atoms with Crippen LogP contribution in [0, 0.1) is 11.6 Å². The van der Waals surface area contributed by atoms with Crippen molar-refractivity contribution in [2.45, 2.75) is 19.6 Å². The quantitative estimate of drug-likeness (QED) is 0.670. The Morgan fingerprint density at radius 1 is 1.13 bits per heavy atom. The first-order valence-electron chi connectivity index (χ1n) is 9.43. The summed E-state index contributed by atoms with van der Waals surface area (Å²) in [5, 5.41) is 8.94. The number of carbonyl (C=O) groups is 1. The van der Waals surface area contributed by atoms with Crippen LogP contribution < -0.4 is 4.74 Å². The maximum absolute atomic E-state index is 13.3. The fraction of sp³-hybridized carbons (Fsp3) is 0.227. The molecule has 30 heavy (non-hydrogen) atoms. The molecule has 0 aliphatic carbocycles. The van der Waals surface area contributed by atoms with Crippen LogP contribution in [0.4, 0.5) is 8.78 Å². The Morgan fingerprint density at radius 3 is 2.57 bits per heavy atom. The van der Waals surface area contributed by atoms with Gasteiger partial charge in [0.25, 0.3) is 0 Å². The summed E-state index contributed by atoms with van der Waals surface area (Å²) >= 11 is 0. The molecule has 8 heteroatoms. The van der Waals surface area contributed by atoms with E-state index in [9.17, 15) is 13.6 Å². The van der Waals surface area contributed by atoms with Gasteiger partial charge in [-0.05, 0) is 42.0 Å². The van der Waals surface area contributed by atoms with Gasteiger partial charge in [0.1, 0.15) is 24.0 Å². The van der Waals surface area contributed by atoms with E-state index >= 15 is 0 Å². The number of aliphatic carboxylic acids is 1. The van der Waals surface area contributed by atoms with Crippen LogP contribution in [0.1, 0.15) is 16.8 Å². The van der Waals surface area contributed by atoms with E-state index in [0.717, 1.165) is 22.9 Å². The van der Waals surface area contributed by atoms with Crippen LogP contribution >= 0.6 is 0 Å². The lowest BCUT2D eigenvalue weighted by Gasteiger charge is -2.26. The van der Waals surface area contributed by atoms with Crippen LogP contribution in [0.25, 0.3) is 11.4 Å². The highest BCUT2D eigenvalue weighted by atomic mass is 19.1. The van der Waals surface area contributed by atoms with Gasteiger partial charge in [-0.3, -0.25) is 9.69 Å². The Morgan fingerprint density at radius 2 is 1.87 bits per heavy atom. The van der Waals surface area contributed by atoms with E-state index < -0.39 is 17.6 Å². The van der Waals surface area contributed by atoms with Gasteiger partial charge in [0.05, 0.1) is 12.2 Å². The summed E-state index contributed by atoms with van der Waals surface area (Å²) in [6.45, 7) is 1.22. The zero-order chi connectivity index (χ0) is 21.1. The summed E-state index contributed by atoms with van der Waals surface area (Å²) in [7, 11) is 0. The average molecular weight is 411 g/mol. The Kier molecular flexibility index (Phi) is 5.67. The molecule has 4 rings (SSSR count). The number of nitrogens with zero attached hydrogens (tertiary/aromatic N) is 3. The first kappa shape index (κ1) is 19.9. The number of carboxylic acids is 1. The predicted octanol–water partition coefficient (Wildman–Crippen LogP) is 3.44. The number of carboxylic acid groups (broad SMARTS) is 1. The van der Waals surface area contributed by atoms with E-state index in [1.165, 1.54) is 12.1 Å². The zero-order valence-corrected chi connectivity index (χ0v) is 16.0. The Hall–Kier alpha value is -3.39. The van der Waals surface area contributed by atoms with Crippen LogP contribution in [-0.4, -0.2) is 39.0 Å². The van der Waals surface area contributed by atoms with E-state index in [4.69, 9.17) is 9.84 Å². The minimum absolute atomic E-state index is 0.00488. The summed E-state index contributed by atoms with van der Waals surface area (Å²) in [4.78, 5) is 21.8. The highest BCUT2D eigenvalue weighted by Gasteiger charge is 2.20. The molecule has 1 aliphatic rings. The molecule has 0 saturated heterocycles. The lowest BCUT2D eigenvalue weighted by atomic mass is 10.1. The summed E-state index contributed by atoms with van der Waals surface area (Å²) < 4.78 is 32.1. The number of hydrogen-bond donors (Lipinski definition) is 1. The van der Waals surface area contributed by atoms with Crippen LogP contribution in [0.5, 0.6) is 5.75 Å². The fourth-order valence-corrected chi connectivity index (χ4v) is 3.40. The lowest BCUT2D eigenvalue weighted by molar-refractivity contribution is -0.138. The molecule has 0 bridgehead atoms. The predicted molar refractivity (Wildman–Crippen MR) is 105 cm³/mol. The molecule has 2 heterocycles. The number of fused-ring (bicyclic) bond motifs is 1. The van der Waals surface area contributed by atoms with Crippen molar-refractivity contribution >= 4 is 5.97 Å². The monoisotopic (exact) mass is 411 g/mol. The summed E-state index contributed by atoms with van der Waals surface area (Å²) in [5.74, 6) is -0.982. The van der Waals surface area contributed by atoms with Crippen molar-refractivity contribution in [3.05, 3.63) is 77.1 Å². The molecule has 0 fully saturated rings. The molecule has 0 unspecified atom stereocenters. The smallest absolute Gasteiger partial charge is 0.317 e. The number of halogens is 2. The third kappa shape index (κ3) is 4.77. The van der Waals surface area contributed by atoms with Crippen molar-refractivity contribution in [3.8, 4) is 17.1 Å². The van der Waals surface area contributed by atoms with Crippen molar-refractivity contribution in [1.82, 2.24) is 14.9 Å². The van der Waals surface area contributed by atoms with Gasteiger partial charge in [0.2, 0.25) is 0 Å². The second kappa shape index (κ2) is 8.54. The largest absolute Gasteiger partial charge is 0.489 e. The van der Waals surface area contributed by atoms with Crippen molar-refractivity contribution in [1.29, 1.82) is 0 Å². The van der Waals surface area contributed by atoms with Gasteiger partial charge in [-0.25, -0.2) is 18.7 Å². The van der Waals surface area contributed by atoms with E-state index in [0.29, 0.717) is 36.6 Å². The molecule has 0 amide bonds. The van der Waals surface area contributed by atoms with Gasteiger partial charge in [-0.15, -0.1) is 0 Å². The third-order valence-corrected chi connectivity index (χ3v) is 4.81. The van der Waals surface area contributed by atoms with Crippen molar-refractivity contribution in [2.24, 2.45) is 0 Å². The first-order valence-corrected chi connectivity index (χ1v) is 9.43. The van der Waals surface area contributed by atoms with Gasteiger partial charge in [0, 0.05) is 42.9 Å². The summed E-state index contributed by atoms with van der Waals surface area (Å²) in [6, 6.07) is 10.4. The van der Waals surface area contributed by atoms with Crippen LogP contribution in [-0.2, 0) is 24.4 Å². The van der Waals surface area contributed by atoms with Crippen LogP contribution in [0.15, 0.2) is 48.7 Å². The lowest BCUT2D eigenvalue weighted by Crippen LogP contribution is -2.35. The molecule has 1 N–H and O–H groups in total. The Bertz CT molecular complexity index is 1050. The minimum atomic E-state index is -0.846. The van der Waals surface area contributed by atoms with E-state index in [1.54, 1.807) is 18.3 Å². The molecule has 0 spiro atoms. The number of ether oxygens (including phenoxy) is 1. The van der Waals surface area contributed by atoms with Gasteiger partial charge >= 0.3 is 5.97 Å². The van der Waals surface area contributed by atoms with Crippen molar-refractivity contribution in [2.75, 3.05) is 13.1 Å². The van der Waals surface area contributed by atoms with E-state index in [1.807, 2.05) is 17.0 Å². The summed E-state index contributed by atoms with van der Waals surface area (Å²) in [5.41, 5.74) is 3.09. The van der Waals surface area contributed by atoms with Crippen LogP contribution in [0.3, 0.4) is 0 Å². The maximum atomic E-state index is 13.3. The molecule has 0 saturated carbocycles. The van der Waals surface area contributed by atoms with Crippen molar-refractivity contribution < 1.29 is 23.4 Å². The highest BCUT2D eigenvalue weighted by Crippen LogP contribution is 2.23. The molecule has 6 nitrogen and oxygen atoms in total. The number of rotatable bonds is 6. The second-order valence-electron chi connectivity index (χ2n) is 7.11. The van der Waals surface area contributed by atoms with Gasteiger partial charge in [-0.1, -0.05) is 0 Å². The second-order valence-corrected chi connectivity index (χ2v) is 7.11. The molecule has 1 aromatic heterocycles. The maximum Gasteiger partial charge on any atom is 0.317 e. The first-order chi connectivity index (χ1) is 14.5. The summed E-state index contributed by atoms with van der Waals surface area (Å²) in [6.07, 6.45) is 2.41. The zero-order valence-electron chi connectivity index (χ0n) is 16.0. The Labute approximate surface area is 171 Å². The molecular formula is C22H19F2N3O3. The standard InChI is InChI=1S/C22H19F2N3O3/c23-17-7-14(8-18(24)9-17)13-30-19-3-1-15(2-4-19)22-25-10-16-11-27(12-21(28)29)6-5-20(16)26-22/h1-4,7-10H,5-6,11-13H2,(H,28,29). The normalized spacial score (nSPS) is 13.7. The van der Waals surface area contributed by atoms with Crippen molar-refractivity contribution in [3.63, 3.8) is 0 Å². The molecule has 154 valence electrons. The topological polar surface area (TPSA) is 75.5 Å². The molecule has 0 radical (unpaired) electrons. The van der Waals surface area contributed by atoms with Crippen LogP contribution in [0.2, 0.25) is 0 Å². The average Bonchev–Trinajstić information content (AvgIpc) is 2.71. The molecule has 3 aromatic rings. The SMILES string of the molecule is O=C(O)CN1CCc2nc(-c3ccc(OCc4cc(F)cc(F)c4)cc3)ncc2C1. The van der Waals surface area contributed by atoms with E-state index in [2.05, 4.69) is 9.97 Å². The fourth-order valence-electron chi connectivity index (χ4n) is 3.40. The molecule has 0 atom stereocenters. The highest BCUT2D eigenvalue weighted by molar-refractivity contribution is 5.69.